The summed E-state index contributed by atoms with van der Waals surface area (Å²) in [7, 11) is 1.48. The quantitative estimate of drug-likeness (QED) is 0.750. The van der Waals surface area contributed by atoms with Crippen LogP contribution in [0.3, 0.4) is 0 Å². The van der Waals surface area contributed by atoms with Gasteiger partial charge in [-0.3, -0.25) is 4.79 Å². The molecule has 1 fully saturated rings. The Morgan fingerprint density at radius 1 is 1.16 bits per heavy atom. The van der Waals surface area contributed by atoms with Crippen LogP contribution in [0, 0.1) is 11.8 Å². The number of esters is 1. The van der Waals surface area contributed by atoms with E-state index in [2.05, 4.69) is 19.2 Å². The number of methoxy groups -OCH3 is 1. The lowest BCUT2D eigenvalue weighted by molar-refractivity contribution is -0.143. The van der Waals surface area contributed by atoms with Crippen molar-refractivity contribution in [3.05, 3.63) is 0 Å². The topological polar surface area (TPSA) is 38.3 Å². The molecule has 19 heavy (non-hydrogen) atoms. The highest BCUT2D eigenvalue weighted by atomic mass is 16.5. The molecule has 1 N–H and O–H groups in total. The summed E-state index contributed by atoms with van der Waals surface area (Å²) in [6, 6.07) is -0.129. The second-order valence-corrected chi connectivity index (χ2v) is 6.32. The van der Waals surface area contributed by atoms with Gasteiger partial charge >= 0.3 is 5.97 Å². The minimum Gasteiger partial charge on any atom is -0.468 e. The number of hydrogen-bond donors (Lipinski definition) is 1. The van der Waals surface area contributed by atoms with Crippen molar-refractivity contribution in [2.75, 3.05) is 13.7 Å². The van der Waals surface area contributed by atoms with Gasteiger partial charge in [0.1, 0.15) is 6.04 Å². The zero-order valence-electron chi connectivity index (χ0n) is 12.9. The maximum Gasteiger partial charge on any atom is 0.322 e. The van der Waals surface area contributed by atoms with Crippen LogP contribution in [-0.2, 0) is 9.53 Å². The highest BCUT2D eigenvalue weighted by Crippen LogP contribution is 2.22. The molecule has 0 spiro atoms. The predicted molar refractivity (Wildman–Crippen MR) is 79.1 cm³/mol. The van der Waals surface area contributed by atoms with Crippen molar-refractivity contribution >= 4 is 5.97 Å². The molecular weight excluding hydrogens is 238 g/mol. The summed E-state index contributed by atoms with van der Waals surface area (Å²) in [5.74, 6) is 1.13. The lowest BCUT2D eigenvalue weighted by atomic mass is 9.91. The molecular formula is C16H31NO2. The third kappa shape index (κ3) is 6.95. The van der Waals surface area contributed by atoms with Crippen molar-refractivity contribution in [3.8, 4) is 0 Å². The Bertz CT molecular complexity index is 245. The Morgan fingerprint density at radius 2 is 1.74 bits per heavy atom. The first-order chi connectivity index (χ1) is 9.13. The summed E-state index contributed by atoms with van der Waals surface area (Å²) in [6.45, 7) is 5.26. The summed E-state index contributed by atoms with van der Waals surface area (Å²) < 4.78 is 4.90. The second-order valence-electron chi connectivity index (χ2n) is 6.32. The fourth-order valence-corrected chi connectivity index (χ4v) is 2.93. The molecule has 1 atom stereocenters. The zero-order valence-corrected chi connectivity index (χ0v) is 12.9. The van der Waals surface area contributed by atoms with Gasteiger partial charge < -0.3 is 10.1 Å². The van der Waals surface area contributed by atoms with Crippen molar-refractivity contribution in [1.29, 1.82) is 0 Å². The summed E-state index contributed by atoms with van der Waals surface area (Å²) in [5, 5.41) is 3.45. The van der Waals surface area contributed by atoms with Gasteiger partial charge in [0.15, 0.2) is 0 Å². The molecule has 0 aromatic heterocycles. The highest BCUT2D eigenvalue weighted by Gasteiger charge is 2.21. The molecule has 1 aliphatic carbocycles. The molecule has 1 saturated carbocycles. The summed E-state index contributed by atoms with van der Waals surface area (Å²) >= 11 is 0. The van der Waals surface area contributed by atoms with E-state index in [1.54, 1.807) is 0 Å². The van der Waals surface area contributed by atoms with Gasteiger partial charge in [0, 0.05) is 0 Å². The first-order valence-electron chi connectivity index (χ1n) is 7.94. The monoisotopic (exact) mass is 269 g/mol. The largest absolute Gasteiger partial charge is 0.468 e. The third-order valence-electron chi connectivity index (χ3n) is 4.07. The van der Waals surface area contributed by atoms with Gasteiger partial charge in [0.25, 0.3) is 0 Å². The number of ether oxygens (including phenoxy) is 1. The third-order valence-corrected chi connectivity index (χ3v) is 4.07. The molecule has 0 saturated heterocycles. The number of carbonyl (C=O) groups is 1. The highest BCUT2D eigenvalue weighted by molar-refractivity contribution is 5.75. The average Bonchev–Trinajstić information content (AvgIpc) is 2.34. The predicted octanol–water partition coefficient (Wildman–Crippen LogP) is 3.52. The van der Waals surface area contributed by atoms with Gasteiger partial charge in [0.05, 0.1) is 7.11 Å². The van der Waals surface area contributed by atoms with E-state index < -0.39 is 0 Å². The van der Waals surface area contributed by atoms with Crippen LogP contribution in [0.4, 0.5) is 0 Å². The fraction of sp³-hybridized carbons (Fsp3) is 0.938. The fourth-order valence-electron chi connectivity index (χ4n) is 2.93. The number of nitrogens with one attached hydrogen (secondary N) is 1. The maximum atomic E-state index is 11.8. The Kier molecular flexibility index (Phi) is 8.11. The molecule has 0 heterocycles. The number of rotatable bonds is 6. The van der Waals surface area contributed by atoms with Crippen molar-refractivity contribution in [2.24, 2.45) is 11.8 Å². The summed E-state index contributed by atoms with van der Waals surface area (Å²) in [4.78, 5) is 11.8. The zero-order chi connectivity index (χ0) is 14.1. The molecule has 1 unspecified atom stereocenters. The van der Waals surface area contributed by atoms with Crippen LogP contribution in [0.15, 0.2) is 0 Å². The van der Waals surface area contributed by atoms with Crippen molar-refractivity contribution in [1.82, 2.24) is 5.32 Å². The molecule has 0 amide bonds. The van der Waals surface area contributed by atoms with Crippen molar-refractivity contribution in [2.45, 2.75) is 71.3 Å². The van der Waals surface area contributed by atoms with Crippen LogP contribution in [0.1, 0.15) is 65.2 Å². The van der Waals surface area contributed by atoms with Gasteiger partial charge in [-0.2, -0.15) is 0 Å². The maximum absolute atomic E-state index is 11.8. The Balaban J connectivity index is 2.37. The van der Waals surface area contributed by atoms with E-state index in [0.717, 1.165) is 18.9 Å². The van der Waals surface area contributed by atoms with E-state index in [9.17, 15) is 4.79 Å². The average molecular weight is 269 g/mol. The molecule has 0 aliphatic heterocycles. The molecule has 112 valence electrons. The lowest BCUT2D eigenvalue weighted by Gasteiger charge is -2.24. The SMILES string of the molecule is COC(=O)C(CC(C)C)NCC1CCCCCCC1. The van der Waals surface area contributed by atoms with Crippen LogP contribution >= 0.6 is 0 Å². The van der Waals surface area contributed by atoms with Crippen LogP contribution in [0.25, 0.3) is 0 Å². The molecule has 0 radical (unpaired) electrons. The van der Waals surface area contributed by atoms with E-state index in [-0.39, 0.29) is 12.0 Å². The van der Waals surface area contributed by atoms with Gasteiger partial charge in [0.2, 0.25) is 0 Å². The minimum absolute atomic E-state index is 0.112. The van der Waals surface area contributed by atoms with Gasteiger partial charge in [-0.1, -0.05) is 46.0 Å². The van der Waals surface area contributed by atoms with E-state index in [0.29, 0.717) is 5.92 Å². The van der Waals surface area contributed by atoms with Crippen LogP contribution in [0.5, 0.6) is 0 Å². The van der Waals surface area contributed by atoms with Crippen molar-refractivity contribution in [3.63, 3.8) is 0 Å². The number of hydrogen-bond acceptors (Lipinski definition) is 3. The molecule has 1 rings (SSSR count). The van der Waals surface area contributed by atoms with Gasteiger partial charge in [-0.15, -0.1) is 0 Å². The van der Waals surface area contributed by atoms with Crippen LogP contribution < -0.4 is 5.32 Å². The van der Waals surface area contributed by atoms with E-state index in [1.165, 1.54) is 52.1 Å². The summed E-state index contributed by atoms with van der Waals surface area (Å²) in [6.07, 6.45) is 10.3. The van der Waals surface area contributed by atoms with E-state index >= 15 is 0 Å². The Labute approximate surface area is 118 Å². The van der Waals surface area contributed by atoms with Gasteiger partial charge in [-0.25, -0.2) is 0 Å². The minimum atomic E-state index is -0.129. The molecule has 3 heteroatoms. The lowest BCUT2D eigenvalue weighted by Crippen LogP contribution is -2.41. The second kappa shape index (κ2) is 9.35. The Hall–Kier alpha value is -0.570. The van der Waals surface area contributed by atoms with Crippen LogP contribution in [-0.4, -0.2) is 25.7 Å². The van der Waals surface area contributed by atoms with Crippen LogP contribution in [0.2, 0.25) is 0 Å². The van der Waals surface area contributed by atoms with E-state index in [4.69, 9.17) is 4.74 Å². The Morgan fingerprint density at radius 3 is 2.26 bits per heavy atom. The van der Waals surface area contributed by atoms with Crippen molar-refractivity contribution < 1.29 is 9.53 Å². The first kappa shape index (κ1) is 16.5. The van der Waals surface area contributed by atoms with E-state index in [1.807, 2.05) is 0 Å². The molecule has 0 bridgehead atoms. The molecule has 0 aromatic rings. The molecule has 0 aromatic carbocycles. The number of carbonyl (C=O) groups excluding carboxylic acids is 1. The summed E-state index contributed by atoms with van der Waals surface area (Å²) in [5.41, 5.74) is 0. The normalized spacial score (nSPS) is 19.8. The first-order valence-corrected chi connectivity index (χ1v) is 7.94. The standard InChI is InChI=1S/C16H31NO2/c1-13(2)11-15(16(18)19-3)17-12-14-9-7-5-4-6-8-10-14/h13-15,17H,4-12H2,1-3H3. The smallest absolute Gasteiger partial charge is 0.322 e. The van der Waals surface area contributed by atoms with Gasteiger partial charge in [-0.05, 0) is 37.6 Å². The molecule has 3 nitrogen and oxygen atoms in total. The molecule has 1 aliphatic rings.